The molecule has 0 aliphatic carbocycles. The average molecular weight is 352 g/mol. The molecule has 0 aliphatic heterocycles. The van der Waals surface area contributed by atoms with Crippen molar-refractivity contribution in [3.05, 3.63) is 28.2 Å². The maximum Gasteiger partial charge on any atom is 0.260 e. The third kappa shape index (κ3) is 5.42. The van der Waals surface area contributed by atoms with Gasteiger partial charge in [-0.25, -0.2) is 8.78 Å². The van der Waals surface area contributed by atoms with Gasteiger partial charge in [-0.05, 0) is 40.5 Å². The van der Waals surface area contributed by atoms with Crippen LogP contribution in [0.2, 0.25) is 0 Å². The number of rotatable bonds is 7. The molecule has 0 aliphatic rings. The Morgan fingerprint density at radius 1 is 1.50 bits per heavy atom. The maximum absolute atomic E-state index is 12.3. The van der Waals surface area contributed by atoms with Crippen molar-refractivity contribution in [1.82, 2.24) is 4.90 Å². The minimum Gasteiger partial charge on any atom is -0.483 e. The summed E-state index contributed by atoms with van der Waals surface area (Å²) in [6.07, 6.45) is -2.64. The average Bonchev–Trinajstić information content (AvgIpc) is 2.36. The lowest BCUT2D eigenvalue weighted by Crippen LogP contribution is -2.40. The molecule has 1 aromatic carbocycles. The summed E-state index contributed by atoms with van der Waals surface area (Å²) in [4.78, 5) is 12.6. The van der Waals surface area contributed by atoms with E-state index in [0.29, 0.717) is 10.2 Å². The number of nitrogens with zero attached hydrogens (tertiary/aromatic N) is 1. The lowest BCUT2D eigenvalue weighted by atomic mass is 10.2. The number of hydrogen-bond acceptors (Lipinski definition) is 3. The van der Waals surface area contributed by atoms with Gasteiger partial charge < -0.3 is 14.7 Å². The van der Waals surface area contributed by atoms with Crippen LogP contribution in [0.1, 0.15) is 5.56 Å². The highest BCUT2D eigenvalue weighted by Crippen LogP contribution is 2.25. The van der Waals surface area contributed by atoms with Crippen LogP contribution in [0.5, 0.6) is 5.75 Å². The molecule has 1 aromatic rings. The Morgan fingerprint density at radius 2 is 2.20 bits per heavy atom. The molecule has 0 saturated heterocycles. The molecule has 0 unspecified atom stereocenters. The number of aryl methyl sites for hydroxylation is 1. The van der Waals surface area contributed by atoms with Crippen molar-refractivity contribution in [2.24, 2.45) is 0 Å². The van der Waals surface area contributed by atoms with Crippen LogP contribution in [0, 0.1) is 6.92 Å². The van der Waals surface area contributed by atoms with Crippen LogP contribution in [0.3, 0.4) is 0 Å². The van der Waals surface area contributed by atoms with Crippen molar-refractivity contribution in [2.75, 3.05) is 26.3 Å². The first kappa shape index (κ1) is 16.8. The van der Waals surface area contributed by atoms with E-state index in [0.717, 1.165) is 10.5 Å². The standard InChI is InChI=1S/C13H16BrF2NO3/c1-9-2-3-11(10(14)6-9)20-8-13(19)17(4-5-18)7-12(15)16/h2-3,6,12,18H,4-5,7-8H2,1H3. The Labute approximate surface area is 124 Å². The summed E-state index contributed by atoms with van der Waals surface area (Å²) in [5, 5.41) is 8.77. The first-order valence-electron chi connectivity index (χ1n) is 5.99. The normalized spacial score (nSPS) is 10.7. The maximum atomic E-state index is 12.3. The smallest absolute Gasteiger partial charge is 0.260 e. The largest absolute Gasteiger partial charge is 0.483 e. The molecule has 0 spiro atoms. The van der Waals surface area contributed by atoms with E-state index in [1.54, 1.807) is 6.07 Å². The summed E-state index contributed by atoms with van der Waals surface area (Å²) in [5.74, 6) is -0.128. The second-order valence-electron chi connectivity index (χ2n) is 4.18. The first-order chi connectivity index (χ1) is 9.43. The van der Waals surface area contributed by atoms with Gasteiger partial charge in [0.15, 0.2) is 6.61 Å². The fourth-order valence-electron chi connectivity index (χ4n) is 1.56. The molecule has 20 heavy (non-hydrogen) atoms. The molecule has 112 valence electrons. The molecule has 0 bridgehead atoms. The zero-order valence-electron chi connectivity index (χ0n) is 11.0. The summed E-state index contributed by atoms with van der Waals surface area (Å²) in [5.41, 5.74) is 1.02. The minimum atomic E-state index is -2.64. The van der Waals surface area contributed by atoms with Gasteiger partial charge in [0, 0.05) is 6.54 Å². The third-order valence-electron chi connectivity index (χ3n) is 2.52. The summed E-state index contributed by atoms with van der Waals surface area (Å²) in [6.45, 7) is 0.339. The van der Waals surface area contributed by atoms with Gasteiger partial charge in [0.05, 0.1) is 17.6 Å². The van der Waals surface area contributed by atoms with E-state index in [9.17, 15) is 13.6 Å². The quantitative estimate of drug-likeness (QED) is 0.819. The third-order valence-corrected chi connectivity index (χ3v) is 3.14. The van der Waals surface area contributed by atoms with E-state index in [1.807, 2.05) is 19.1 Å². The number of hydrogen-bond donors (Lipinski definition) is 1. The van der Waals surface area contributed by atoms with E-state index in [4.69, 9.17) is 9.84 Å². The van der Waals surface area contributed by atoms with Crippen molar-refractivity contribution in [3.63, 3.8) is 0 Å². The SMILES string of the molecule is Cc1ccc(OCC(=O)N(CCO)CC(F)F)c(Br)c1. The zero-order chi connectivity index (χ0) is 15.1. The molecule has 0 saturated carbocycles. The lowest BCUT2D eigenvalue weighted by Gasteiger charge is -2.21. The zero-order valence-corrected chi connectivity index (χ0v) is 12.6. The van der Waals surface area contributed by atoms with Crippen molar-refractivity contribution < 1.29 is 23.4 Å². The van der Waals surface area contributed by atoms with Crippen LogP contribution < -0.4 is 4.74 Å². The summed E-state index contributed by atoms with van der Waals surface area (Å²) in [7, 11) is 0. The predicted octanol–water partition coefficient (Wildman–Crippen LogP) is 2.22. The van der Waals surface area contributed by atoms with Crippen molar-refractivity contribution in [1.29, 1.82) is 0 Å². The van der Waals surface area contributed by atoms with Gasteiger partial charge in [0.2, 0.25) is 0 Å². The molecule has 1 N–H and O–H groups in total. The fourth-order valence-corrected chi connectivity index (χ4v) is 2.17. The molecule has 7 heteroatoms. The van der Waals surface area contributed by atoms with E-state index < -0.39 is 18.9 Å². The van der Waals surface area contributed by atoms with Crippen LogP contribution >= 0.6 is 15.9 Å². The van der Waals surface area contributed by atoms with Crippen molar-refractivity contribution in [2.45, 2.75) is 13.3 Å². The van der Waals surface area contributed by atoms with E-state index in [-0.39, 0.29) is 19.8 Å². The van der Waals surface area contributed by atoms with Crippen LogP contribution in [-0.2, 0) is 4.79 Å². The van der Waals surface area contributed by atoms with E-state index in [2.05, 4.69) is 15.9 Å². The highest BCUT2D eigenvalue weighted by molar-refractivity contribution is 9.10. The number of benzene rings is 1. The summed E-state index contributed by atoms with van der Waals surface area (Å²) in [6, 6.07) is 5.33. The molecule has 0 fully saturated rings. The highest BCUT2D eigenvalue weighted by atomic mass is 79.9. The first-order valence-corrected chi connectivity index (χ1v) is 6.79. The summed E-state index contributed by atoms with van der Waals surface area (Å²) >= 11 is 3.30. The molecule has 1 rings (SSSR count). The summed E-state index contributed by atoms with van der Waals surface area (Å²) < 4.78 is 30.6. The molecular formula is C13H16BrF2NO3. The van der Waals surface area contributed by atoms with Gasteiger partial charge in [-0.3, -0.25) is 4.79 Å². The van der Waals surface area contributed by atoms with Crippen LogP contribution in [0.25, 0.3) is 0 Å². The molecule has 1 amide bonds. The molecule has 0 heterocycles. The van der Waals surface area contributed by atoms with Crippen molar-refractivity contribution in [3.8, 4) is 5.75 Å². The Kier molecular flexibility index (Phi) is 6.87. The minimum absolute atomic E-state index is 0.137. The Balaban J connectivity index is 2.59. The number of aliphatic hydroxyl groups excluding tert-OH is 1. The number of halogens is 3. The Morgan fingerprint density at radius 3 is 2.75 bits per heavy atom. The monoisotopic (exact) mass is 351 g/mol. The van der Waals surface area contributed by atoms with Crippen LogP contribution in [0.4, 0.5) is 8.78 Å². The number of aliphatic hydroxyl groups is 1. The van der Waals surface area contributed by atoms with Gasteiger partial charge >= 0.3 is 0 Å². The van der Waals surface area contributed by atoms with E-state index >= 15 is 0 Å². The topological polar surface area (TPSA) is 49.8 Å². The lowest BCUT2D eigenvalue weighted by molar-refractivity contribution is -0.135. The molecule has 0 atom stereocenters. The molecule has 4 nitrogen and oxygen atoms in total. The van der Waals surface area contributed by atoms with Gasteiger partial charge in [0.1, 0.15) is 5.75 Å². The second-order valence-corrected chi connectivity index (χ2v) is 5.03. The van der Waals surface area contributed by atoms with Gasteiger partial charge in [0.25, 0.3) is 12.3 Å². The van der Waals surface area contributed by atoms with Crippen LogP contribution in [0.15, 0.2) is 22.7 Å². The van der Waals surface area contributed by atoms with E-state index in [1.165, 1.54) is 0 Å². The number of carbonyl (C=O) groups excluding carboxylic acids is 1. The molecule has 0 aromatic heterocycles. The predicted molar refractivity (Wildman–Crippen MR) is 74.0 cm³/mol. The molecular weight excluding hydrogens is 336 g/mol. The number of carbonyl (C=O) groups is 1. The molecule has 0 radical (unpaired) electrons. The Bertz CT molecular complexity index is 457. The number of alkyl halides is 2. The Hall–Kier alpha value is -1.21. The fraction of sp³-hybridized carbons (Fsp3) is 0.462. The van der Waals surface area contributed by atoms with Crippen molar-refractivity contribution >= 4 is 21.8 Å². The number of ether oxygens (including phenoxy) is 1. The van der Waals surface area contributed by atoms with Gasteiger partial charge in [-0.15, -0.1) is 0 Å². The van der Waals surface area contributed by atoms with Crippen LogP contribution in [-0.4, -0.2) is 48.6 Å². The second kappa shape index (κ2) is 8.16. The number of amides is 1. The van der Waals surface area contributed by atoms with Gasteiger partial charge in [-0.2, -0.15) is 0 Å². The highest BCUT2D eigenvalue weighted by Gasteiger charge is 2.18. The van der Waals surface area contributed by atoms with Gasteiger partial charge in [-0.1, -0.05) is 6.07 Å².